The fourth-order valence-electron chi connectivity index (χ4n) is 0. The van der Waals surface area contributed by atoms with Crippen LogP contribution in [0, 0.1) is 15.3 Å². The number of phosphoric acid groups is 1. The number of urea groups is 2. The summed E-state index contributed by atoms with van der Waals surface area (Å²) >= 11 is 0. The summed E-state index contributed by atoms with van der Waals surface area (Å²) in [4.78, 5) is 51.9. The van der Waals surface area contributed by atoms with E-state index in [4.69, 9.17) is 44.2 Å². The molecule has 0 aromatic rings. The summed E-state index contributed by atoms with van der Waals surface area (Å²) in [6.07, 6.45) is 0. The number of nitrogens with zero attached hydrogens (tertiary/aromatic N) is 1. The molecule has 0 unspecified atom stereocenters. The Hall–Kier alpha value is 0.369. The van der Waals surface area contributed by atoms with Gasteiger partial charge in [0, 0.05) is 0 Å². The zero-order valence-corrected chi connectivity index (χ0v) is 14.6. The molecule has 14 nitrogen and oxygen atoms in total. The van der Waals surface area contributed by atoms with E-state index < -0.39 is 25.0 Å². The summed E-state index contributed by atoms with van der Waals surface area (Å²) in [7, 11) is -5.39. The Morgan fingerprint density at radius 1 is 0.842 bits per heavy atom. The molecule has 0 bridgehead atoms. The second-order valence-electron chi connectivity index (χ2n) is 1.48. The van der Waals surface area contributed by atoms with Gasteiger partial charge in [-0.3, -0.25) is 0 Å². The quantitative estimate of drug-likeness (QED) is 0.139. The topological polar surface area (TPSA) is 291 Å². The van der Waals surface area contributed by atoms with E-state index in [2.05, 4.69) is 22.9 Å². The maximum Gasteiger partial charge on any atom is 2.00 e. The number of primary amides is 4. The molecular formula is C2H8Ca2N5O9P. The van der Waals surface area contributed by atoms with Crippen molar-refractivity contribution in [2.75, 3.05) is 0 Å². The van der Waals surface area contributed by atoms with Crippen LogP contribution in [0.3, 0.4) is 0 Å². The Bertz CT molecular complexity index is 233. The Morgan fingerprint density at radius 2 is 0.842 bits per heavy atom. The molecule has 0 aliphatic heterocycles. The van der Waals surface area contributed by atoms with Gasteiger partial charge in [-0.05, 0) is 0 Å². The number of carbonyl (C=O) groups excluding carboxylic acids is 2. The molecule has 0 heterocycles. The Balaban J connectivity index is -0.0000000288. The van der Waals surface area contributed by atoms with Crippen molar-refractivity contribution in [2.45, 2.75) is 0 Å². The molecule has 8 N–H and O–H groups in total. The third-order valence-electron chi connectivity index (χ3n) is 0. The van der Waals surface area contributed by atoms with Crippen LogP contribution in [0.5, 0.6) is 0 Å². The van der Waals surface area contributed by atoms with Gasteiger partial charge in [-0.25, -0.2) is 9.59 Å². The molecule has 0 aromatic carbocycles. The maximum atomic E-state index is 9.00. The van der Waals surface area contributed by atoms with Crippen molar-refractivity contribution >= 4 is 95.4 Å². The van der Waals surface area contributed by atoms with E-state index in [-0.39, 0.29) is 75.5 Å². The third-order valence-corrected chi connectivity index (χ3v) is 0. The van der Waals surface area contributed by atoms with Gasteiger partial charge in [-0.15, -0.1) is 0 Å². The summed E-state index contributed by atoms with van der Waals surface area (Å²) in [5.41, 5.74) is 17.0. The summed E-state index contributed by atoms with van der Waals surface area (Å²) in [5.74, 6) is 0. The first-order valence-electron chi connectivity index (χ1n) is 2.84. The standard InChI is InChI=1S/2CH4N2O.2Ca.NO3.H3O4P/c2*2-1(3)4;;;2-1(3)4;1-5(2,3)4/h2*(H4,2,3,4);;;;(H3,1,2,3,4)/q;;2*+2;-1;/p-3. The van der Waals surface area contributed by atoms with Crippen LogP contribution in [0.2, 0.25) is 0 Å². The smallest absolute Gasteiger partial charge is 0.822 e. The zero-order chi connectivity index (χ0) is 15.2. The van der Waals surface area contributed by atoms with Crippen molar-refractivity contribution < 1.29 is 33.9 Å². The van der Waals surface area contributed by atoms with Gasteiger partial charge in [0.1, 0.15) is 0 Å². The van der Waals surface area contributed by atoms with E-state index in [9.17, 15) is 0 Å². The third kappa shape index (κ3) is 36100. The molecule has 0 rings (SSSR count). The summed E-state index contributed by atoms with van der Waals surface area (Å²) < 4.78 is 8.55. The number of nitrogens with two attached hydrogens (primary N) is 4. The second kappa shape index (κ2) is 23.5. The van der Waals surface area contributed by atoms with Gasteiger partial charge in [-0.2, -0.15) is 7.82 Å². The van der Waals surface area contributed by atoms with Gasteiger partial charge < -0.3 is 57.5 Å². The van der Waals surface area contributed by atoms with Crippen LogP contribution in [0.4, 0.5) is 9.59 Å². The molecule has 0 saturated carbocycles. The number of hydrogen-bond acceptors (Lipinski definition) is 9. The van der Waals surface area contributed by atoms with Crippen LogP contribution in [0.1, 0.15) is 0 Å². The first-order valence-corrected chi connectivity index (χ1v) is 4.30. The Kier molecular flexibility index (Phi) is 45.2. The molecule has 19 heavy (non-hydrogen) atoms. The van der Waals surface area contributed by atoms with E-state index in [0.717, 1.165) is 0 Å². The maximum absolute atomic E-state index is 9.00. The predicted molar refractivity (Wildman–Crippen MR) is 57.0 cm³/mol. The largest absolute Gasteiger partial charge is 2.00 e. The van der Waals surface area contributed by atoms with Crippen molar-refractivity contribution in [1.82, 2.24) is 0 Å². The van der Waals surface area contributed by atoms with Gasteiger partial charge in [0.05, 0.1) is 5.09 Å². The van der Waals surface area contributed by atoms with Crippen LogP contribution in [0.25, 0.3) is 0 Å². The van der Waals surface area contributed by atoms with Gasteiger partial charge in [0.25, 0.3) is 0 Å². The molecule has 0 aliphatic carbocycles. The molecule has 17 heteroatoms. The summed E-state index contributed by atoms with van der Waals surface area (Å²) in [6.45, 7) is 0. The minimum absolute atomic E-state index is 0. The van der Waals surface area contributed by atoms with E-state index in [1.165, 1.54) is 0 Å². The Labute approximate surface area is 165 Å². The average molecular weight is 357 g/mol. The molecular weight excluding hydrogens is 349 g/mol. The van der Waals surface area contributed by atoms with E-state index in [1.54, 1.807) is 0 Å². The Morgan fingerprint density at radius 3 is 0.842 bits per heavy atom. The van der Waals surface area contributed by atoms with Crippen molar-refractivity contribution in [2.24, 2.45) is 22.9 Å². The number of rotatable bonds is 0. The van der Waals surface area contributed by atoms with E-state index in [0.29, 0.717) is 0 Å². The molecule has 0 radical (unpaired) electrons. The number of carbonyl (C=O) groups is 2. The SMILES string of the molecule is NC(N)=O.NC(N)=O.O=P([O-])([O-])[O-].O=[N+]([O-])[O-].[Ca+2].[Ca+2]. The van der Waals surface area contributed by atoms with Crippen LogP contribution in [-0.2, 0) is 4.57 Å². The summed E-state index contributed by atoms with van der Waals surface area (Å²) in [5, 5.41) is 14.8. The monoisotopic (exact) mass is 357 g/mol. The normalized spacial score (nSPS) is 6.89. The molecule has 0 fully saturated rings. The van der Waals surface area contributed by atoms with Gasteiger partial charge >= 0.3 is 87.5 Å². The first-order chi connectivity index (χ1) is 7.20. The van der Waals surface area contributed by atoms with Gasteiger partial charge in [-0.1, -0.05) is 0 Å². The van der Waals surface area contributed by atoms with E-state index in [1.807, 2.05) is 0 Å². The molecule has 0 atom stereocenters. The van der Waals surface area contributed by atoms with Crippen LogP contribution >= 0.6 is 7.82 Å². The van der Waals surface area contributed by atoms with Crippen LogP contribution in [-0.4, -0.2) is 92.6 Å². The minimum Gasteiger partial charge on any atom is -0.822 e. The first kappa shape index (κ1) is 36.6. The molecule has 0 aliphatic rings. The van der Waals surface area contributed by atoms with Crippen LogP contribution < -0.4 is 37.6 Å². The molecule has 0 aromatic heterocycles. The zero-order valence-electron chi connectivity index (χ0n) is 9.29. The van der Waals surface area contributed by atoms with Crippen molar-refractivity contribution in [3.63, 3.8) is 0 Å². The van der Waals surface area contributed by atoms with Crippen molar-refractivity contribution in [3.8, 4) is 0 Å². The van der Waals surface area contributed by atoms with Crippen molar-refractivity contribution in [3.05, 3.63) is 15.3 Å². The van der Waals surface area contributed by atoms with Crippen LogP contribution in [0.15, 0.2) is 0 Å². The number of amides is 4. The number of hydrogen-bond donors (Lipinski definition) is 4. The fraction of sp³-hybridized carbons (Fsp3) is 0. The molecule has 104 valence electrons. The van der Waals surface area contributed by atoms with Gasteiger partial charge in [0.2, 0.25) is 0 Å². The molecule has 0 spiro atoms. The fourth-order valence-corrected chi connectivity index (χ4v) is 0. The average Bonchev–Trinajstić information content (AvgIpc) is 1.73. The molecule has 4 amide bonds. The predicted octanol–water partition coefficient (Wildman–Crippen LogP) is -5.78. The van der Waals surface area contributed by atoms with Gasteiger partial charge in [0.15, 0.2) is 0 Å². The minimum atomic E-state index is -5.39. The van der Waals surface area contributed by atoms with E-state index >= 15 is 0 Å². The summed E-state index contributed by atoms with van der Waals surface area (Å²) in [6, 6.07) is -1.67. The van der Waals surface area contributed by atoms with Crippen molar-refractivity contribution in [1.29, 1.82) is 0 Å². The molecule has 0 saturated heterocycles. The second-order valence-corrected chi connectivity index (χ2v) is 2.37.